The Morgan fingerprint density at radius 2 is 1.75 bits per heavy atom. The summed E-state index contributed by atoms with van der Waals surface area (Å²) in [6, 6.07) is 13.5. The molecule has 0 radical (unpaired) electrons. The van der Waals surface area contributed by atoms with E-state index in [4.69, 9.17) is 23.2 Å². The van der Waals surface area contributed by atoms with Crippen LogP contribution in [-0.2, 0) is 0 Å². The standard InChI is InChI=1S/C18H14Cl2F2N4O2/c1-11-10-16(24-17(27)23-13-4-2-12(19)3-5-13)26(25-11)14-6-8-15(9-7-14)28-18(20,21)22/h2-10H,1H3,(H2,23,24,27). The molecule has 0 atom stereocenters. The second kappa shape index (κ2) is 8.04. The van der Waals surface area contributed by atoms with Gasteiger partial charge in [-0.25, -0.2) is 9.48 Å². The number of aryl methyl sites for hydroxylation is 1. The highest BCUT2D eigenvalue weighted by Crippen LogP contribution is 2.26. The quantitative estimate of drug-likeness (QED) is 0.518. The summed E-state index contributed by atoms with van der Waals surface area (Å²) in [5.41, 5.74) is -2.06. The lowest BCUT2D eigenvalue weighted by Crippen LogP contribution is -2.21. The van der Waals surface area contributed by atoms with E-state index in [9.17, 15) is 13.6 Å². The number of carbonyl (C=O) groups excluding carboxylic acids is 1. The van der Waals surface area contributed by atoms with Gasteiger partial charge in [-0.3, -0.25) is 5.32 Å². The second-order valence-electron chi connectivity index (χ2n) is 5.71. The van der Waals surface area contributed by atoms with Crippen molar-refractivity contribution < 1.29 is 18.3 Å². The molecular weight excluding hydrogens is 413 g/mol. The number of anilines is 2. The van der Waals surface area contributed by atoms with E-state index in [1.807, 2.05) is 0 Å². The predicted octanol–water partition coefficient (Wildman–Crippen LogP) is 5.65. The second-order valence-corrected chi connectivity index (χ2v) is 6.59. The molecule has 10 heteroatoms. The Morgan fingerprint density at radius 1 is 1.11 bits per heavy atom. The Morgan fingerprint density at radius 3 is 2.36 bits per heavy atom. The maximum atomic E-state index is 12.7. The van der Waals surface area contributed by atoms with Gasteiger partial charge >= 0.3 is 11.6 Å². The zero-order valence-electron chi connectivity index (χ0n) is 14.4. The highest BCUT2D eigenvalue weighted by atomic mass is 35.5. The lowest BCUT2D eigenvalue weighted by Gasteiger charge is -2.12. The van der Waals surface area contributed by atoms with Crippen LogP contribution < -0.4 is 15.4 Å². The third-order valence-corrected chi connectivity index (χ3v) is 3.82. The number of hydrogen-bond acceptors (Lipinski definition) is 3. The molecule has 3 aromatic rings. The van der Waals surface area contributed by atoms with E-state index in [0.717, 1.165) is 0 Å². The van der Waals surface area contributed by atoms with Gasteiger partial charge in [0, 0.05) is 28.4 Å². The normalized spacial score (nSPS) is 11.2. The minimum atomic E-state index is -3.80. The molecule has 146 valence electrons. The zero-order valence-corrected chi connectivity index (χ0v) is 15.9. The number of halogens is 4. The Labute approximate surface area is 169 Å². The van der Waals surface area contributed by atoms with E-state index < -0.39 is 11.6 Å². The van der Waals surface area contributed by atoms with Crippen molar-refractivity contribution in [3.63, 3.8) is 0 Å². The molecule has 2 aromatic carbocycles. The molecule has 0 aliphatic carbocycles. The number of hydrogen-bond donors (Lipinski definition) is 2. The third kappa shape index (κ3) is 5.34. The molecule has 2 N–H and O–H groups in total. The number of carbonyl (C=O) groups is 1. The minimum absolute atomic E-state index is 0.109. The van der Waals surface area contributed by atoms with Gasteiger partial charge in [0.25, 0.3) is 0 Å². The van der Waals surface area contributed by atoms with Crippen LogP contribution in [0, 0.1) is 6.92 Å². The average Bonchev–Trinajstić information content (AvgIpc) is 2.96. The van der Waals surface area contributed by atoms with Crippen LogP contribution in [0.4, 0.5) is 25.1 Å². The summed E-state index contributed by atoms with van der Waals surface area (Å²) in [6.07, 6.45) is 0. The van der Waals surface area contributed by atoms with Gasteiger partial charge < -0.3 is 10.1 Å². The van der Waals surface area contributed by atoms with Gasteiger partial charge in [0.15, 0.2) is 0 Å². The molecule has 0 spiro atoms. The van der Waals surface area contributed by atoms with E-state index in [1.165, 1.54) is 28.9 Å². The van der Waals surface area contributed by atoms with Crippen molar-refractivity contribution in [3.05, 3.63) is 65.3 Å². The van der Waals surface area contributed by atoms with Gasteiger partial charge in [-0.15, -0.1) is 8.78 Å². The molecule has 6 nitrogen and oxygen atoms in total. The fourth-order valence-corrected chi connectivity index (χ4v) is 2.60. The number of urea groups is 1. The van der Waals surface area contributed by atoms with Crippen molar-refractivity contribution in [2.75, 3.05) is 10.6 Å². The molecule has 1 heterocycles. The number of benzene rings is 2. The van der Waals surface area contributed by atoms with Gasteiger partial charge in [-0.2, -0.15) is 5.10 Å². The van der Waals surface area contributed by atoms with Crippen molar-refractivity contribution in [2.24, 2.45) is 0 Å². The lowest BCUT2D eigenvalue weighted by molar-refractivity contribution is -0.0964. The summed E-state index contributed by atoms with van der Waals surface area (Å²) in [5, 5.41) is 10.2. The molecule has 0 saturated carbocycles. The van der Waals surface area contributed by atoms with E-state index in [-0.39, 0.29) is 5.75 Å². The van der Waals surface area contributed by atoms with Crippen molar-refractivity contribution in [3.8, 4) is 11.4 Å². The number of nitrogens with one attached hydrogen (secondary N) is 2. The van der Waals surface area contributed by atoms with Gasteiger partial charge in [0.1, 0.15) is 11.6 Å². The number of nitrogens with zero attached hydrogens (tertiary/aromatic N) is 2. The largest absolute Gasteiger partial charge is 0.487 e. The Balaban J connectivity index is 1.75. The predicted molar refractivity (Wildman–Crippen MR) is 104 cm³/mol. The summed E-state index contributed by atoms with van der Waals surface area (Å²) < 4.78 is 31.2. The lowest BCUT2D eigenvalue weighted by atomic mass is 10.3. The van der Waals surface area contributed by atoms with Crippen LogP contribution in [0.1, 0.15) is 5.69 Å². The van der Waals surface area contributed by atoms with Crippen molar-refractivity contribution in [1.82, 2.24) is 9.78 Å². The first-order valence-corrected chi connectivity index (χ1v) is 8.72. The zero-order chi connectivity index (χ0) is 20.3. The number of amides is 2. The average molecular weight is 427 g/mol. The maximum absolute atomic E-state index is 12.7. The number of ether oxygens (including phenoxy) is 1. The molecule has 0 unspecified atom stereocenters. The summed E-state index contributed by atoms with van der Waals surface area (Å²) in [5.74, 6) is 0.280. The molecule has 1 aromatic heterocycles. The number of rotatable bonds is 5. The van der Waals surface area contributed by atoms with E-state index >= 15 is 0 Å². The minimum Gasteiger partial charge on any atom is -0.420 e. The maximum Gasteiger partial charge on any atom is 0.487 e. The first-order valence-electron chi connectivity index (χ1n) is 7.96. The number of aromatic nitrogens is 2. The molecule has 0 aliphatic heterocycles. The fourth-order valence-electron chi connectivity index (χ4n) is 2.39. The van der Waals surface area contributed by atoms with E-state index in [0.29, 0.717) is 27.9 Å². The fraction of sp³-hybridized carbons (Fsp3) is 0.111. The van der Waals surface area contributed by atoms with Gasteiger partial charge in [0.05, 0.1) is 11.4 Å². The van der Waals surface area contributed by atoms with Crippen LogP contribution >= 0.6 is 23.2 Å². The van der Waals surface area contributed by atoms with Crippen LogP contribution in [0.5, 0.6) is 5.75 Å². The third-order valence-electron chi connectivity index (χ3n) is 3.49. The molecular formula is C18H14Cl2F2N4O2. The van der Waals surface area contributed by atoms with Crippen LogP contribution in [-0.4, -0.2) is 21.4 Å². The molecule has 2 amide bonds. The topological polar surface area (TPSA) is 68.2 Å². The molecule has 28 heavy (non-hydrogen) atoms. The van der Waals surface area contributed by atoms with Crippen molar-refractivity contribution in [1.29, 1.82) is 0 Å². The summed E-state index contributed by atoms with van der Waals surface area (Å²) >= 11 is 10.6. The Hall–Kier alpha value is -2.84. The first-order chi connectivity index (χ1) is 13.2. The Bertz CT molecular complexity index is 971. The van der Waals surface area contributed by atoms with Crippen LogP contribution in [0.3, 0.4) is 0 Å². The van der Waals surface area contributed by atoms with Crippen LogP contribution in [0.2, 0.25) is 5.02 Å². The SMILES string of the molecule is Cc1cc(NC(=O)Nc2ccc(Cl)cc2)n(-c2ccc(OC(F)(F)Cl)cc2)n1. The van der Waals surface area contributed by atoms with Crippen molar-refractivity contribution >= 4 is 40.7 Å². The van der Waals surface area contributed by atoms with Gasteiger partial charge in [0.2, 0.25) is 0 Å². The molecule has 0 saturated heterocycles. The molecule has 0 bridgehead atoms. The summed E-state index contributed by atoms with van der Waals surface area (Å²) in [4.78, 5) is 12.3. The van der Waals surface area contributed by atoms with Crippen LogP contribution in [0.25, 0.3) is 5.69 Å². The Kier molecular flexibility index (Phi) is 5.71. The summed E-state index contributed by atoms with van der Waals surface area (Å²) in [7, 11) is 0. The first kappa shape index (κ1) is 19.9. The van der Waals surface area contributed by atoms with Crippen LogP contribution in [0.15, 0.2) is 54.6 Å². The molecule has 0 fully saturated rings. The van der Waals surface area contributed by atoms with E-state index in [2.05, 4.69) is 20.5 Å². The molecule has 3 rings (SSSR count). The molecule has 0 aliphatic rings. The van der Waals surface area contributed by atoms with Gasteiger partial charge in [-0.05, 0) is 55.5 Å². The van der Waals surface area contributed by atoms with Gasteiger partial charge in [-0.1, -0.05) is 11.6 Å². The van der Waals surface area contributed by atoms with E-state index in [1.54, 1.807) is 37.3 Å². The summed E-state index contributed by atoms with van der Waals surface area (Å²) in [6.45, 7) is 1.75. The number of alkyl halides is 3. The smallest absolute Gasteiger partial charge is 0.420 e. The van der Waals surface area contributed by atoms with Crippen molar-refractivity contribution in [2.45, 2.75) is 12.5 Å². The highest BCUT2D eigenvalue weighted by Gasteiger charge is 2.27. The monoisotopic (exact) mass is 426 g/mol. The highest BCUT2D eigenvalue weighted by molar-refractivity contribution is 6.30.